The fourth-order valence-electron chi connectivity index (χ4n) is 3.05. The molecule has 1 N–H and O–H groups in total. The quantitative estimate of drug-likeness (QED) is 0.785. The molecule has 20 heavy (non-hydrogen) atoms. The number of likely N-dealkylation sites (tertiary alicyclic amines) is 1. The first-order chi connectivity index (χ1) is 9.47. The molecule has 0 spiro atoms. The summed E-state index contributed by atoms with van der Waals surface area (Å²) in [5.74, 6) is -0.0941. The molecule has 4 nitrogen and oxygen atoms in total. The zero-order valence-electron chi connectivity index (χ0n) is 11.4. The fraction of sp³-hybridized carbons (Fsp3) is 0.923. The van der Waals surface area contributed by atoms with E-state index in [1.165, 1.54) is 0 Å². The summed E-state index contributed by atoms with van der Waals surface area (Å²) in [5, 5.41) is 3.40. The Labute approximate surface area is 116 Å². The van der Waals surface area contributed by atoms with Crippen LogP contribution in [0.4, 0.5) is 13.2 Å². The number of rotatable bonds is 5. The molecule has 1 amide bonds. The molecular weight excluding hydrogens is 273 g/mol. The molecule has 2 fully saturated rings. The third-order valence-electron chi connectivity index (χ3n) is 3.91. The lowest BCUT2D eigenvalue weighted by atomic mass is 10.0. The maximum absolute atomic E-state index is 12.1. The van der Waals surface area contributed by atoms with Crippen molar-refractivity contribution in [3.63, 3.8) is 0 Å². The normalized spacial score (nSPS) is 27.2. The summed E-state index contributed by atoms with van der Waals surface area (Å²) in [6.07, 6.45) is -0.159. The van der Waals surface area contributed by atoms with Gasteiger partial charge in [-0.2, -0.15) is 13.2 Å². The van der Waals surface area contributed by atoms with Gasteiger partial charge in [-0.3, -0.25) is 4.79 Å². The molecule has 0 saturated carbocycles. The number of ether oxygens (including phenoxy) is 1. The lowest BCUT2D eigenvalue weighted by Gasteiger charge is -2.29. The first-order valence-corrected chi connectivity index (χ1v) is 7.15. The molecule has 2 heterocycles. The van der Waals surface area contributed by atoms with Crippen molar-refractivity contribution >= 4 is 5.91 Å². The Morgan fingerprint density at radius 2 is 2.10 bits per heavy atom. The second kappa shape index (κ2) is 6.76. The van der Waals surface area contributed by atoms with E-state index in [1.807, 2.05) is 4.90 Å². The average molecular weight is 294 g/mol. The second-order valence-electron chi connectivity index (χ2n) is 5.42. The zero-order chi connectivity index (χ0) is 14.6. The smallest absolute Gasteiger partial charge is 0.372 e. The molecule has 2 saturated heterocycles. The minimum absolute atomic E-state index is 0.0271. The van der Waals surface area contributed by atoms with E-state index < -0.39 is 12.8 Å². The molecule has 2 aliphatic heterocycles. The highest BCUT2D eigenvalue weighted by atomic mass is 19.4. The third-order valence-corrected chi connectivity index (χ3v) is 3.91. The molecule has 2 rings (SSSR count). The number of hydrogen-bond acceptors (Lipinski definition) is 3. The van der Waals surface area contributed by atoms with Crippen LogP contribution in [0.2, 0.25) is 0 Å². The maximum Gasteiger partial charge on any atom is 0.411 e. The first kappa shape index (κ1) is 15.6. The van der Waals surface area contributed by atoms with Crippen LogP contribution >= 0.6 is 0 Å². The summed E-state index contributed by atoms with van der Waals surface area (Å²) in [7, 11) is 0. The minimum atomic E-state index is -4.33. The summed E-state index contributed by atoms with van der Waals surface area (Å²) in [5.41, 5.74) is 0. The van der Waals surface area contributed by atoms with Gasteiger partial charge in [-0.25, -0.2) is 0 Å². The van der Waals surface area contributed by atoms with Crippen LogP contribution in [-0.4, -0.2) is 55.4 Å². The summed E-state index contributed by atoms with van der Waals surface area (Å²) in [4.78, 5) is 13.9. The highest BCUT2D eigenvalue weighted by Crippen LogP contribution is 2.25. The van der Waals surface area contributed by atoms with Crippen LogP contribution in [0.5, 0.6) is 0 Å². The molecular formula is C13H21F3N2O2. The van der Waals surface area contributed by atoms with Crippen LogP contribution < -0.4 is 5.32 Å². The summed E-state index contributed by atoms with van der Waals surface area (Å²) in [6, 6.07) is 0.546. The number of carbonyl (C=O) groups is 1. The highest BCUT2D eigenvalue weighted by molar-refractivity contribution is 5.77. The number of carbonyl (C=O) groups excluding carboxylic acids is 1. The van der Waals surface area contributed by atoms with E-state index >= 15 is 0 Å². The van der Waals surface area contributed by atoms with Gasteiger partial charge in [0.05, 0.1) is 13.0 Å². The number of alkyl halides is 3. The number of nitrogens with one attached hydrogen (secondary N) is 1. The van der Waals surface area contributed by atoms with E-state index in [2.05, 4.69) is 10.1 Å². The maximum atomic E-state index is 12.1. The van der Waals surface area contributed by atoms with Crippen LogP contribution in [-0.2, 0) is 9.53 Å². The topological polar surface area (TPSA) is 41.6 Å². The van der Waals surface area contributed by atoms with E-state index in [0.717, 1.165) is 32.2 Å². The van der Waals surface area contributed by atoms with Crippen molar-refractivity contribution in [1.29, 1.82) is 0 Å². The summed E-state index contributed by atoms with van der Waals surface area (Å²) in [6.45, 7) is 0.242. The van der Waals surface area contributed by atoms with Crippen molar-refractivity contribution < 1.29 is 22.7 Å². The van der Waals surface area contributed by atoms with Gasteiger partial charge in [0.25, 0.3) is 0 Å². The molecule has 2 atom stereocenters. The zero-order valence-corrected chi connectivity index (χ0v) is 11.4. The van der Waals surface area contributed by atoms with Crippen molar-refractivity contribution in [2.45, 2.75) is 50.4 Å². The molecule has 0 bridgehead atoms. The lowest BCUT2D eigenvalue weighted by Crippen LogP contribution is -2.46. The number of amides is 1. The molecule has 0 aromatic heterocycles. The fourth-order valence-corrected chi connectivity index (χ4v) is 3.05. The van der Waals surface area contributed by atoms with Crippen molar-refractivity contribution in [2.75, 3.05) is 26.3 Å². The number of halogens is 3. The molecule has 116 valence electrons. The van der Waals surface area contributed by atoms with Crippen molar-refractivity contribution in [1.82, 2.24) is 10.2 Å². The highest BCUT2D eigenvalue weighted by Gasteiger charge is 2.35. The first-order valence-electron chi connectivity index (χ1n) is 7.15. The second-order valence-corrected chi connectivity index (χ2v) is 5.42. The van der Waals surface area contributed by atoms with Crippen LogP contribution in [0.15, 0.2) is 0 Å². The van der Waals surface area contributed by atoms with Gasteiger partial charge < -0.3 is 15.0 Å². The SMILES string of the molecule is O=C(CCOCC(F)(F)F)N1CCCC1C1CCCN1. The van der Waals surface area contributed by atoms with E-state index in [9.17, 15) is 18.0 Å². The van der Waals surface area contributed by atoms with Gasteiger partial charge in [0, 0.05) is 18.6 Å². The molecule has 0 radical (unpaired) electrons. The minimum Gasteiger partial charge on any atom is -0.372 e. The molecule has 2 aliphatic rings. The lowest BCUT2D eigenvalue weighted by molar-refractivity contribution is -0.175. The van der Waals surface area contributed by atoms with Gasteiger partial charge in [-0.05, 0) is 32.2 Å². The van der Waals surface area contributed by atoms with Crippen LogP contribution in [0.3, 0.4) is 0 Å². The third kappa shape index (κ3) is 4.34. The predicted molar refractivity (Wildman–Crippen MR) is 67.3 cm³/mol. The predicted octanol–water partition coefficient (Wildman–Crippen LogP) is 1.70. The monoisotopic (exact) mass is 294 g/mol. The Balaban J connectivity index is 1.73. The van der Waals surface area contributed by atoms with Crippen molar-refractivity contribution in [3.05, 3.63) is 0 Å². The van der Waals surface area contributed by atoms with Crippen molar-refractivity contribution in [2.24, 2.45) is 0 Å². The Hall–Kier alpha value is -0.820. The largest absolute Gasteiger partial charge is 0.411 e. The number of nitrogens with zero attached hydrogens (tertiary/aromatic N) is 1. The van der Waals surface area contributed by atoms with Crippen LogP contribution in [0, 0.1) is 0 Å². The van der Waals surface area contributed by atoms with Gasteiger partial charge in [-0.15, -0.1) is 0 Å². The Morgan fingerprint density at radius 3 is 2.75 bits per heavy atom. The van der Waals surface area contributed by atoms with E-state index in [4.69, 9.17) is 0 Å². The molecule has 0 aromatic rings. The standard InChI is InChI=1S/C13H21F3N2O2/c14-13(15,16)9-20-8-5-12(19)18-7-2-4-11(18)10-3-1-6-17-10/h10-11,17H,1-9H2. The average Bonchev–Trinajstić information content (AvgIpc) is 3.01. The van der Waals surface area contributed by atoms with Gasteiger partial charge in [0.1, 0.15) is 6.61 Å². The molecule has 0 aromatic carbocycles. The molecule has 0 aliphatic carbocycles. The van der Waals surface area contributed by atoms with Gasteiger partial charge in [-0.1, -0.05) is 0 Å². The van der Waals surface area contributed by atoms with E-state index in [1.54, 1.807) is 0 Å². The Morgan fingerprint density at radius 1 is 1.30 bits per heavy atom. The van der Waals surface area contributed by atoms with Gasteiger partial charge >= 0.3 is 6.18 Å². The van der Waals surface area contributed by atoms with E-state index in [0.29, 0.717) is 12.6 Å². The van der Waals surface area contributed by atoms with Gasteiger partial charge in [0.2, 0.25) is 5.91 Å². The van der Waals surface area contributed by atoms with Crippen molar-refractivity contribution in [3.8, 4) is 0 Å². The van der Waals surface area contributed by atoms with E-state index in [-0.39, 0.29) is 25.0 Å². The Bertz CT molecular complexity index is 330. The number of hydrogen-bond donors (Lipinski definition) is 1. The van der Waals surface area contributed by atoms with Crippen LogP contribution in [0.1, 0.15) is 32.1 Å². The Kier molecular flexibility index (Phi) is 5.26. The summed E-state index contributed by atoms with van der Waals surface area (Å²) >= 11 is 0. The van der Waals surface area contributed by atoms with Gasteiger partial charge in [0.15, 0.2) is 0 Å². The summed E-state index contributed by atoms with van der Waals surface area (Å²) < 4.78 is 40.3. The molecule has 2 unspecified atom stereocenters. The van der Waals surface area contributed by atoms with Crippen LogP contribution in [0.25, 0.3) is 0 Å². The molecule has 7 heteroatoms.